The molecule has 64 heavy (non-hydrogen) atoms. The molecule has 0 amide bonds. The average Bonchev–Trinajstić information content (AvgIpc) is 3.84. The van der Waals surface area contributed by atoms with Gasteiger partial charge in [0.2, 0.25) is 0 Å². The van der Waals surface area contributed by atoms with E-state index in [1.165, 1.54) is 126 Å². The first-order valence-electron chi connectivity index (χ1n) is 23.0. The van der Waals surface area contributed by atoms with Crippen LogP contribution >= 0.6 is 0 Å². The first-order valence-corrected chi connectivity index (χ1v) is 23.0. The Morgan fingerprint density at radius 1 is 0.469 bits per heavy atom. The maximum atomic E-state index is 7.08. The lowest BCUT2D eigenvalue weighted by Gasteiger charge is -2.39. The summed E-state index contributed by atoms with van der Waals surface area (Å²) in [4.78, 5) is 0. The summed E-state index contributed by atoms with van der Waals surface area (Å²) in [6, 6.07) is 62.8. The van der Waals surface area contributed by atoms with Crippen molar-refractivity contribution >= 4 is 105 Å². The lowest BCUT2D eigenvalue weighted by molar-refractivity contribution is 0.566. The van der Waals surface area contributed by atoms with Crippen LogP contribution in [0, 0.1) is 0 Å². The molecule has 0 saturated heterocycles. The van der Waals surface area contributed by atoms with Gasteiger partial charge in [-0.1, -0.05) is 175 Å². The number of furan rings is 1. The van der Waals surface area contributed by atoms with Crippen LogP contribution in [-0.2, 0) is 10.8 Å². The van der Waals surface area contributed by atoms with E-state index in [0.29, 0.717) is 0 Å². The third kappa shape index (κ3) is 4.77. The predicted molar refractivity (Wildman–Crippen MR) is 274 cm³/mol. The van der Waals surface area contributed by atoms with E-state index in [2.05, 4.69) is 210 Å². The standard InChI is InChI=1S/C61H46BNO/c1-60(2,3)37-26-36(27-38(32-37)61(4,5)6)55-50-30-34-28-47-41-18-9-7-16-39(41)40-17-8-10-19-42(40)48(47)29-35(34)31-52(50)62-57-51(55)33-49-44-21-12-14-25-54(44)64-59(49)56(57)46-23-15-22-45-43-20-11-13-24-53(43)63(62)58(45)46/h7-33,55H,1-6H3. The van der Waals surface area contributed by atoms with Gasteiger partial charge in [-0.05, 0) is 123 Å². The van der Waals surface area contributed by atoms with Gasteiger partial charge in [-0.15, -0.1) is 0 Å². The molecule has 1 unspecified atom stereocenters. The summed E-state index contributed by atoms with van der Waals surface area (Å²) in [6.07, 6.45) is 0. The Kier molecular flexibility index (Phi) is 7.01. The predicted octanol–water partition coefficient (Wildman–Crippen LogP) is 15.0. The highest BCUT2D eigenvalue weighted by Gasteiger charge is 2.45. The number of para-hydroxylation sites is 3. The zero-order valence-corrected chi connectivity index (χ0v) is 37.1. The molecule has 0 radical (unpaired) electrons. The number of hydrogen-bond donors (Lipinski definition) is 0. The van der Waals surface area contributed by atoms with Crippen LogP contribution in [0.3, 0.4) is 0 Å². The number of rotatable bonds is 1. The second-order valence-electron chi connectivity index (χ2n) is 20.8. The van der Waals surface area contributed by atoms with Gasteiger partial charge in [0.1, 0.15) is 11.2 Å². The molecule has 3 heteroatoms. The lowest BCUT2D eigenvalue weighted by atomic mass is 9.41. The van der Waals surface area contributed by atoms with Crippen LogP contribution in [0.25, 0.3) is 98.0 Å². The fourth-order valence-electron chi connectivity index (χ4n) is 12.1. The van der Waals surface area contributed by atoms with Crippen molar-refractivity contribution < 1.29 is 4.42 Å². The van der Waals surface area contributed by atoms with Crippen molar-refractivity contribution in [2.75, 3.05) is 0 Å². The van der Waals surface area contributed by atoms with Gasteiger partial charge in [-0.2, -0.15) is 0 Å². The average molecular weight is 820 g/mol. The van der Waals surface area contributed by atoms with E-state index in [-0.39, 0.29) is 23.6 Å². The van der Waals surface area contributed by atoms with Gasteiger partial charge in [0, 0.05) is 49.6 Å². The maximum absolute atomic E-state index is 7.08. The Morgan fingerprint density at radius 3 is 1.69 bits per heavy atom. The molecular formula is C61H46BNO. The quantitative estimate of drug-likeness (QED) is 0.0917. The van der Waals surface area contributed by atoms with Gasteiger partial charge < -0.3 is 8.90 Å². The fraction of sp³-hybridized carbons (Fsp3) is 0.148. The van der Waals surface area contributed by atoms with Crippen LogP contribution in [0.2, 0.25) is 0 Å². The van der Waals surface area contributed by atoms with Gasteiger partial charge in [-0.3, -0.25) is 0 Å². The number of aromatic nitrogens is 1. The minimum absolute atomic E-state index is 0.0301. The molecule has 0 bridgehead atoms. The summed E-state index contributed by atoms with van der Waals surface area (Å²) in [5.74, 6) is -0.0301. The van der Waals surface area contributed by atoms with Crippen LogP contribution in [0.15, 0.2) is 168 Å². The van der Waals surface area contributed by atoms with E-state index < -0.39 is 0 Å². The normalized spacial score (nSPS) is 14.8. The summed E-state index contributed by atoms with van der Waals surface area (Å²) < 4.78 is 9.78. The molecule has 12 aromatic rings. The van der Waals surface area contributed by atoms with E-state index in [4.69, 9.17) is 4.42 Å². The van der Waals surface area contributed by atoms with Gasteiger partial charge in [-0.25, -0.2) is 0 Å². The van der Waals surface area contributed by atoms with Gasteiger partial charge in [0.05, 0.1) is 0 Å². The molecule has 10 aromatic carbocycles. The first kappa shape index (κ1) is 36.4. The molecule has 0 fully saturated rings. The highest BCUT2D eigenvalue weighted by molar-refractivity contribution is 6.88. The Morgan fingerprint density at radius 2 is 1.03 bits per heavy atom. The summed E-state index contributed by atoms with van der Waals surface area (Å²) in [5.41, 5.74) is 16.4. The molecule has 2 nitrogen and oxygen atoms in total. The van der Waals surface area contributed by atoms with Crippen LogP contribution in [0.1, 0.15) is 75.3 Å². The van der Waals surface area contributed by atoms with Crippen LogP contribution in [0.5, 0.6) is 0 Å². The number of benzene rings is 10. The second kappa shape index (κ2) is 12.3. The molecule has 0 aliphatic carbocycles. The molecule has 2 aromatic heterocycles. The maximum Gasteiger partial charge on any atom is 0.329 e. The lowest BCUT2D eigenvalue weighted by Crippen LogP contribution is -2.57. The topological polar surface area (TPSA) is 18.1 Å². The van der Waals surface area contributed by atoms with E-state index in [0.717, 1.165) is 11.2 Å². The highest BCUT2D eigenvalue weighted by atomic mass is 16.3. The summed E-state index contributed by atoms with van der Waals surface area (Å²) in [5, 5.41) is 15.3. The van der Waals surface area contributed by atoms with E-state index >= 15 is 0 Å². The molecule has 304 valence electrons. The molecule has 0 N–H and O–H groups in total. The van der Waals surface area contributed by atoms with Gasteiger partial charge in [0.25, 0.3) is 0 Å². The second-order valence-corrected chi connectivity index (χ2v) is 20.8. The molecule has 4 heterocycles. The van der Waals surface area contributed by atoms with Crippen molar-refractivity contribution in [3.63, 3.8) is 0 Å². The molecular weight excluding hydrogens is 773 g/mol. The van der Waals surface area contributed by atoms with E-state index in [9.17, 15) is 0 Å². The van der Waals surface area contributed by atoms with Crippen molar-refractivity contribution in [2.45, 2.75) is 58.3 Å². The minimum atomic E-state index is -0.0764. The molecule has 0 spiro atoms. The van der Waals surface area contributed by atoms with Crippen molar-refractivity contribution in [2.24, 2.45) is 0 Å². The fourth-order valence-corrected chi connectivity index (χ4v) is 12.1. The Hall–Kier alpha value is -7.10. The smallest absolute Gasteiger partial charge is 0.329 e. The SMILES string of the molecule is CC(C)(C)c1cc(C2c3cc4cc5c6ccccc6c6ccccc6c5cc4cc3B3c4c2cc2c(oc5ccccc52)c4-c2cccc4c5ccccc5n3c24)cc(C(C)(C)C)c1. The van der Waals surface area contributed by atoms with Crippen molar-refractivity contribution in [1.29, 1.82) is 0 Å². The monoisotopic (exact) mass is 819 g/mol. The molecule has 2 aliphatic heterocycles. The summed E-state index contributed by atoms with van der Waals surface area (Å²) in [6.45, 7) is 14.1. The van der Waals surface area contributed by atoms with Crippen molar-refractivity contribution in [3.8, 4) is 11.1 Å². The van der Waals surface area contributed by atoms with E-state index in [1.54, 1.807) is 0 Å². The van der Waals surface area contributed by atoms with Crippen LogP contribution in [-0.4, -0.2) is 11.3 Å². The first-order chi connectivity index (χ1) is 31.0. The highest BCUT2D eigenvalue weighted by Crippen LogP contribution is 2.49. The zero-order chi connectivity index (χ0) is 43.0. The zero-order valence-electron chi connectivity index (χ0n) is 37.1. The molecule has 1 atom stereocenters. The van der Waals surface area contributed by atoms with Crippen molar-refractivity contribution in [3.05, 3.63) is 192 Å². The summed E-state index contributed by atoms with van der Waals surface area (Å²) in [7, 11) is 0. The summed E-state index contributed by atoms with van der Waals surface area (Å²) >= 11 is 0. The molecule has 2 aliphatic rings. The third-order valence-electron chi connectivity index (χ3n) is 15.1. The Labute approximate surface area is 372 Å². The minimum Gasteiger partial charge on any atom is -0.455 e. The number of fused-ring (bicyclic) bond motifs is 18. The van der Waals surface area contributed by atoms with Gasteiger partial charge >= 0.3 is 6.85 Å². The molecule has 0 saturated carbocycles. The molecule has 14 rings (SSSR count). The van der Waals surface area contributed by atoms with Crippen LogP contribution in [0.4, 0.5) is 0 Å². The number of nitrogens with zero attached hydrogens (tertiary/aromatic N) is 1. The van der Waals surface area contributed by atoms with Gasteiger partial charge in [0.15, 0.2) is 0 Å². The van der Waals surface area contributed by atoms with Crippen molar-refractivity contribution in [1.82, 2.24) is 4.48 Å². The Balaban J connectivity index is 1.20. The van der Waals surface area contributed by atoms with Crippen LogP contribution < -0.4 is 10.9 Å². The third-order valence-corrected chi connectivity index (χ3v) is 15.1. The largest absolute Gasteiger partial charge is 0.455 e. The Bertz CT molecular complexity index is 4020. The number of hydrogen-bond acceptors (Lipinski definition) is 1. The van der Waals surface area contributed by atoms with E-state index in [1.807, 2.05) is 0 Å².